The molecule has 2 heterocycles. The van der Waals surface area contributed by atoms with E-state index in [2.05, 4.69) is 11.9 Å². The summed E-state index contributed by atoms with van der Waals surface area (Å²) in [5.41, 5.74) is 0.264. The SMILES string of the molecule is C=C1C[C@](OC)([C@H](O)C(=O)NC(OC)[C@@H]2C[C@@H](O)C(C)(C)[C@@H](C[C@@H](COC)OC)O2)O[C@H](C)[C@@H]1C. The van der Waals surface area contributed by atoms with E-state index >= 15 is 0 Å². The second-order valence-electron chi connectivity index (χ2n) is 10.3. The van der Waals surface area contributed by atoms with Crippen LogP contribution in [0.1, 0.15) is 47.0 Å². The van der Waals surface area contributed by atoms with Gasteiger partial charge in [-0.25, -0.2) is 0 Å². The van der Waals surface area contributed by atoms with E-state index in [1.54, 1.807) is 14.2 Å². The highest BCUT2D eigenvalue weighted by Gasteiger charge is 2.51. The zero-order valence-corrected chi connectivity index (χ0v) is 22.4. The van der Waals surface area contributed by atoms with Crippen LogP contribution in [0.5, 0.6) is 0 Å². The van der Waals surface area contributed by atoms with Gasteiger partial charge in [0.25, 0.3) is 5.91 Å². The number of hydrogen-bond donors (Lipinski definition) is 3. The first-order valence-corrected chi connectivity index (χ1v) is 12.1. The third-order valence-corrected chi connectivity index (χ3v) is 7.74. The Hall–Kier alpha value is -1.11. The van der Waals surface area contributed by atoms with Crippen LogP contribution in [0, 0.1) is 11.3 Å². The second-order valence-corrected chi connectivity index (χ2v) is 10.3. The number of rotatable bonds is 11. The van der Waals surface area contributed by atoms with Crippen LogP contribution in [-0.4, -0.2) is 99.8 Å². The lowest BCUT2D eigenvalue weighted by Crippen LogP contribution is -2.62. The van der Waals surface area contributed by atoms with Crippen molar-refractivity contribution in [1.29, 1.82) is 0 Å². The number of nitrogens with one attached hydrogen (secondary N) is 1. The Kier molecular flexibility index (Phi) is 10.7. The Labute approximate surface area is 209 Å². The molecule has 0 aromatic rings. The van der Waals surface area contributed by atoms with Gasteiger partial charge < -0.3 is 44.0 Å². The minimum Gasteiger partial charge on any atom is -0.392 e. The molecule has 2 aliphatic rings. The van der Waals surface area contributed by atoms with E-state index in [4.69, 9.17) is 28.4 Å². The summed E-state index contributed by atoms with van der Waals surface area (Å²) in [6, 6.07) is 0. The molecular weight excluding hydrogens is 458 g/mol. The zero-order chi connectivity index (χ0) is 26.6. The number of carbonyl (C=O) groups excluding carboxylic acids is 1. The van der Waals surface area contributed by atoms with Gasteiger partial charge in [-0.05, 0) is 6.92 Å². The molecule has 9 atom stereocenters. The Bertz CT molecular complexity index is 717. The number of aliphatic hydroxyl groups is 2. The molecule has 1 unspecified atom stereocenters. The van der Waals surface area contributed by atoms with Gasteiger partial charge in [0.05, 0.1) is 31.0 Å². The number of ether oxygens (including phenoxy) is 6. The molecule has 2 saturated heterocycles. The fourth-order valence-electron chi connectivity index (χ4n) is 4.77. The van der Waals surface area contributed by atoms with Crippen molar-refractivity contribution >= 4 is 5.91 Å². The Balaban J connectivity index is 2.16. The molecule has 0 radical (unpaired) electrons. The van der Waals surface area contributed by atoms with E-state index < -0.39 is 47.8 Å². The predicted molar refractivity (Wildman–Crippen MR) is 129 cm³/mol. The maximum absolute atomic E-state index is 13.1. The van der Waals surface area contributed by atoms with Gasteiger partial charge in [0.1, 0.15) is 6.10 Å². The van der Waals surface area contributed by atoms with Crippen LogP contribution < -0.4 is 5.32 Å². The van der Waals surface area contributed by atoms with Crippen LogP contribution in [0.4, 0.5) is 0 Å². The third-order valence-electron chi connectivity index (χ3n) is 7.74. The molecule has 2 aliphatic heterocycles. The topological polar surface area (TPSA) is 125 Å². The fourth-order valence-corrected chi connectivity index (χ4v) is 4.77. The summed E-state index contributed by atoms with van der Waals surface area (Å²) >= 11 is 0. The molecule has 0 saturated carbocycles. The summed E-state index contributed by atoms with van der Waals surface area (Å²) in [5, 5.41) is 24.6. The van der Waals surface area contributed by atoms with Gasteiger partial charge in [-0.15, -0.1) is 0 Å². The van der Waals surface area contributed by atoms with E-state index in [1.807, 2.05) is 27.7 Å². The number of carbonyl (C=O) groups is 1. The summed E-state index contributed by atoms with van der Waals surface area (Å²) < 4.78 is 34.1. The van der Waals surface area contributed by atoms with Crippen molar-refractivity contribution in [2.75, 3.05) is 35.0 Å². The predicted octanol–water partition coefficient (Wildman–Crippen LogP) is 1.38. The molecule has 10 nitrogen and oxygen atoms in total. The number of amides is 1. The standard InChI is InChI=1S/C25H45NO9/c1-14-12-25(33-9,35-16(3)15(14)2)21(28)22(29)26-23(32-8)18-11-19(27)24(4,5)20(34-18)10-17(31-7)13-30-6/h15-21,23,27-28H,1,10-13H2,2-9H3,(H,26,29)/t15-,16-,17+,18+,19-,20-,21-,23?,25-/m1/s1. The van der Waals surface area contributed by atoms with Crippen LogP contribution in [-0.2, 0) is 33.2 Å². The van der Waals surface area contributed by atoms with Gasteiger partial charge in [-0.2, -0.15) is 0 Å². The van der Waals surface area contributed by atoms with Gasteiger partial charge in [0.15, 0.2) is 12.3 Å². The van der Waals surface area contributed by atoms with E-state index in [0.29, 0.717) is 13.0 Å². The maximum Gasteiger partial charge on any atom is 0.256 e. The summed E-state index contributed by atoms with van der Waals surface area (Å²) in [7, 11) is 6.01. The van der Waals surface area contributed by atoms with Crippen molar-refractivity contribution in [2.45, 2.75) is 95.6 Å². The Morgan fingerprint density at radius 1 is 1.23 bits per heavy atom. The van der Waals surface area contributed by atoms with Crippen molar-refractivity contribution in [3.63, 3.8) is 0 Å². The summed E-state index contributed by atoms with van der Waals surface area (Å²) in [4.78, 5) is 13.1. The molecule has 0 aromatic heterocycles. The third kappa shape index (κ3) is 6.61. The number of methoxy groups -OCH3 is 4. The molecule has 2 fully saturated rings. The Morgan fingerprint density at radius 3 is 2.40 bits per heavy atom. The van der Waals surface area contributed by atoms with Crippen LogP contribution in [0.2, 0.25) is 0 Å². The number of hydrogen-bond acceptors (Lipinski definition) is 9. The molecule has 10 heteroatoms. The first-order valence-electron chi connectivity index (χ1n) is 12.1. The van der Waals surface area contributed by atoms with E-state index in [-0.39, 0.29) is 31.0 Å². The Morgan fingerprint density at radius 2 is 1.89 bits per heavy atom. The molecule has 204 valence electrons. The van der Waals surface area contributed by atoms with Crippen molar-refractivity contribution in [3.05, 3.63) is 12.2 Å². The van der Waals surface area contributed by atoms with Gasteiger partial charge in [0, 0.05) is 59.0 Å². The van der Waals surface area contributed by atoms with Crippen LogP contribution in [0.15, 0.2) is 12.2 Å². The molecule has 35 heavy (non-hydrogen) atoms. The molecular formula is C25H45NO9. The maximum atomic E-state index is 13.1. The van der Waals surface area contributed by atoms with E-state index in [0.717, 1.165) is 5.57 Å². The summed E-state index contributed by atoms with van der Waals surface area (Å²) in [6.45, 7) is 12.1. The molecule has 3 N–H and O–H groups in total. The van der Waals surface area contributed by atoms with Gasteiger partial charge in [-0.3, -0.25) is 4.79 Å². The minimum absolute atomic E-state index is 0.0618. The normalized spacial score (nSPS) is 35.8. The molecule has 2 rings (SSSR count). The first-order chi connectivity index (χ1) is 16.4. The van der Waals surface area contributed by atoms with Gasteiger partial charge in [-0.1, -0.05) is 32.9 Å². The van der Waals surface area contributed by atoms with Crippen molar-refractivity contribution in [2.24, 2.45) is 11.3 Å². The lowest BCUT2D eigenvalue weighted by molar-refractivity contribution is -0.298. The largest absolute Gasteiger partial charge is 0.392 e. The minimum atomic E-state index is -1.64. The van der Waals surface area contributed by atoms with Crippen molar-refractivity contribution < 1.29 is 43.4 Å². The molecule has 0 spiro atoms. The average Bonchev–Trinajstić information content (AvgIpc) is 2.82. The highest BCUT2D eigenvalue weighted by atomic mass is 16.7. The second kappa shape index (κ2) is 12.4. The lowest BCUT2D eigenvalue weighted by Gasteiger charge is -2.48. The van der Waals surface area contributed by atoms with Crippen LogP contribution >= 0.6 is 0 Å². The highest BCUT2D eigenvalue weighted by Crippen LogP contribution is 2.41. The smallest absolute Gasteiger partial charge is 0.256 e. The summed E-state index contributed by atoms with van der Waals surface area (Å²) in [5.74, 6) is -2.23. The molecule has 0 bridgehead atoms. The van der Waals surface area contributed by atoms with Crippen molar-refractivity contribution in [1.82, 2.24) is 5.32 Å². The number of aliphatic hydroxyl groups excluding tert-OH is 2. The molecule has 0 aliphatic carbocycles. The van der Waals surface area contributed by atoms with E-state index in [1.165, 1.54) is 14.2 Å². The summed E-state index contributed by atoms with van der Waals surface area (Å²) in [6.07, 6.45) is -3.97. The molecule has 0 aromatic carbocycles. The first kappa shape index (κ1) is 30.1. The quantitative estimate of drug-likeness (QED) is 0.283. The lowest BCUT2D eigenvalue weighted by atomic mass is 9.74. The average molecular weight is 504 g/mol. The highest BCUT2D eigenvalue weighted by molar-refractivity contribution is 5.82. The van der Waals surface area contributed by atoms with Crippen LogP contribution in [0.3, 0.4) is 0 Å². The van der Waals surface area contributed by atoms with Crippen LogP contribution in [0.25, 0.3) is 0 Å². The zero-order valence-electron chi connectivity index (χ0n) is 22.4. The van der Waals surface area contributed by atoms with Crippen molar-refractivity contribution in [3.8, 4) is 0 Å². The van der Waals surface area contributed by atoms with E-state index in [9.17, 15) is 15.0 Å². The monoisotopic (exact) mass is 503 g/mol. The van der Waals surface area contributed by atoms with Gasteiger partial charge >= 0.3 is 0 Å². The fraction of sp³-hybridized carbons (Fsp3) is 0.880. The molecule has 1 amide bonds. The van der Waals surface area contributed by atoms with Gasteiger partial charge in [0.2, 0.25) is 5.79 Å².